The number of methoxy groups -OCH3 is 1. The number of nitrogens with two attached hydrogens (primary N) is 1. The summed E-state index contributed by atoms with van der Waals surface area (Å²) < 4.78 is 4.55. The molecule has 2 N–H and O–H groups in total. The van der Waals surface area contributed by atoms with E-state index in [1.54, 1.807) is 0 Å². The van der Waals surface area contributed by atoms with Gasteiger partial charge < -0.3 is 10.5 Å². The Morgan fingerprint density at radius 1 is 1.27 bits per heavy atom. The molecule has 0 saturated heterocycles. The van der Waals surface area contributed by atoms with Gasteiger partial charge in [0.1, 0.15) is 0 Å². The fraction of sp³-hybridized carbons (Fsp3) is 0.250. The Hall–Kier alpha value is -1.79. The summed E-state index contributed by atoms with van der Waals surface area (Å²) in [5.41, 5.74) is 7.45. The van der Waals surface area contributed by atoms with Crippen LogP contribution in [0.15, 0.2) is 24.3 Å². The quantitative estimate of drug-likeness (QED) is 0.594. The van der Waals surface area contributed by atoms with E-state index in [2.05, 4.69) is 17.6 Å². The van der Waals surface area contributed by atoms with Gasteiger partial charge in [0.05, 0.1) is 13.5 Å². The third-order valence-electron chi connectivity index (χ3n) is 1.83. The van der Waals surface area contributed by atoms with Gasteiger partial charge in [-0.1, -0.05) is 24.3 Å². The molecule has 3 heteroatoms. The second-order valence-corrected chi connectivity index (χ2v) is 2.77. The molecule has 0 radical (unpaired) electrons. The Balaban J connectivity index is 0.000000921. The molecular weight excluding hydrogens is 190 g/mol. The van der Waals surface area contributed by atoms with Gasteiger partial charge in [-0.2, -0.15) is 0 Å². The van der Waals surface area contributed by atoms with Crippen LogP contribution >= 0.6 is 0 Å². The molecule has 0 fully saturated rings. The van der Waals surface area contributed by atoms with Crippen molar-refractivity contribution < 1.29 is 9.53 Å². The van der Waals surface area contributed by atoms with Gasteiger partial charge in [-0.05, 0) is 11.1 Å². The molecule has 1 aromatic carbocycles. The van der Waals surface area contributed by atoms with Crippen LogP contribution in [0.4, 0.5) is 0 Å². The van der Waals surface area contributed by atoms with Crippen LogP contribution in [0.1, 0.15) is 11.1 Å². The lowest BCUT2D eigenvalue weighted by molar-refractivity contribution is -0.139. The number of terminal acetylenes is 1. The minimum absolute atomic E-state index is 0.222. The maximum atomic E-state index is 10.9. The van der Waals surface area contributed by atoms with Crippen molar-refractivity contribution in [1.29, 1.82) is 0 Å². The number of hydrogen-bond donors (Lipinski definition) is 1. The predicted molar refractivity (Wildman–Crippen MR) is 59.9 cm³/mol. The summed E-state index contributed by atoms with van der Waals surface area (Å²) in [4.78, 5) is 10.9. The monoisotopic (exact) mass is 205 g/mol. The average molecular weight is 205 g/mol. The molecule has 0 aliphatic rings. The predicted octanol–water partition coefficient (Wildman–Crippen LogP) is 1.11. The van der Waals surface area contributed by atoms with Gasteiger partial charge in [0, 0.05) is 6.54 Å². The number of benzene rings is 1. The fourth-order valence-corrected chi connectivity index (χ4v) is 1.03. The molecule has 0 atom stereocenters. The second kappa shape index (κ2) is 7.60. The molecule has 0 bridgehead atoms. The van der Waals surface area contributed by atoms with Crippen molar-refractivity contribution in [3.8, 4) is 12.8 Å². The van der Waals surface area contributed by atoms with Crippen molar-refractivity contribution >= 4 is 5.97 Å². The highest BCUT2D eigenvalue weighted by atomic mass is 16.5. The molecule has 0 amide bonds. The number of esters is 1. The molecule has 0 aliphatic carbocycles. The van der Waals surface area contributed by atoms with Crippen molar-refractivity contribution in [2.24, 2.45) is 5.73 Å². The summed E-state index contributed by atoms with van der Waals surface area (Å²) in [6.07, 6.45) is 8.32. The highest BCUT2D eigenvalue weighted by molar-refractivity contribution is 5.72. The number of hydrogen-bond acceptors (Lipinski definition) is 3. The summed E-state index contributed by atoms with van der Waals surface area (Å²) in [6.45, 7) is 0.526. The zero-order valence-corrected chi connectivity index (χ0v) is 8.77. The molecule has 0 aliphatic heterocycles. The molecule has 1 aromatic rings. The molecule has 0 unspecified atom stereocenters. The third kappa shape index (κ3) is 4.84. The van der Waals surface area contributed by atoms with Crippen LogP contribution in [0.2, 0.25) is 0 Å². The summed E-state index contributed by atoms with van der Waals surface area (Å²) in [5, 5.41) is 0. The lowest BCUT2D eigenvalue weighted by Crippen LogP contribution is -2.04. The SMILES string of the molecule is C#C.COC(=O)Cc1ccc(CN)cc1. The molecule has 0 spiro atoms. The molecule has 15 heavy (non-hydrogen) atoms. The number of carbonyl (C=O) groups is 1. The first-order chi connectivity index (χ1) is 7.26. The Morgan fingerprint density at radius 3 is 2.13 bits per heavy atom. The lowest BCUT2D eigenvalue weighted by Gasteiger charge is -2.00. The van der Waals surface area contributed by atoms with Crippen LogP contribution in [0.3, 0.4) is 0 Å². The van der Waals surface area contributed by atoms with Gasteiger partial charge in [0.2, 0.25) is 0 Å². The number of rotatable bonds is 3. The van der Waals surface area contributed by atoms with Crippen LogP contribution in [0.5, 0.6) is 0 Å². The minimum atomic E-state index is -0.222. The summed E-state index contributed by atoms with van der Waals surface area (Å²) >= 11 is 0. The van der Waals surface area contributed by atoms with Crippen LogP contribution < -0.4 is 5.73 Å². The zero-order chi connectivity index (χ0) is 11.7. The van der Waals surface area contributed by atoms with Crippen LogP contribution in [-0.2, 0) is 22.5 Å². The van der Waals surface area contributed by atoms with Crippen LogP contribution in [-0.4, -0.2) is 13.1 Å². The maximum absolute atomic E-state index is 10.9. The Labute approximate surface area is 90.2 Å². The third-order valence-corrected chi connectivity index (χ3v) is 1.83. The van der Waals surface area contributed by atoms with Crippen molar-refractivity contribution in [3.63, 3.8) is 0 Å². The highest BCUT2D eigenvalue weighted by Crippen LogP contribution is 2.04. The molecule has 0 saturated carbocycles. The van der Waals surface area contributed by atoms with Gasteiger partial charge in [0.15, 0.2) is 0 Å². The first-order valence-electron chi connectivity index (χ1n) is 4.44. The smallest absolute Gasteiger partial charge is 0.309 e. The normalized spacial score (nSPS) is 8.53. The average Bonchev–Trinajstić information content (AvgIpc) is 2.32. The van der Waals surface area contributed by atoms with Gasteiger partial charge in [0.25, 0.3) is 0 Å². The standard InChI is InChI=1S/C10H13NO2.C2H2/c1-13-10(12)6-8-2-4-9(7-11)5-3-8;1-2/h2-5H,6-7,11H2,1H3;1-2H. The molecule has 0 heterocycles. The fourth-order valence-electron chi connectivity index (χ4n) is 1.03. The van der Waals surface area contributed by atoms with Gasteiger partial charge in [-0.15, -0.1) is 12.8 Å². The Morgan fingerprint density at radius 2 is 1.73 bits per heavy atom. The van der Waals surface area contributed by atoms with E-state index in [0.29, 0.717) is 13.0 Å². The first-order valence-corrected chi connectivity index (χ1v) is 4.44. The largest absolute Gasteiger partial charge is 0.469 e. The van der Waals surface area contributed by atoms with Gasteiger partial charge >= 0.3 is 5.97 Å². The molecule has 3 nitrogen and oxygen atoms in total. The molecular formula is C12H15NO2. The highest BCUT2D eigenvalue weighted by Gasteiger charge is 2.01. The molecule has 1 rings (SSSR count). The number of ether oxygens (including phenoxy) is 1. The van der Waals surface area contributed by atoms with E-state index < -0.39 is 0 Å². The van der Waals surface area contributed by atoms with Crippen LogP contribution in [0, 0.1) is 12.8 Å². The van der Waals surface area contributed by atoms with Gasteiger partial charge in [-0.25, -0.2) is 0 Å². The van der Waals surface area contributed by atoms with Crippen molar-refractivity contribution in [2.75, 3.05) is 7.11 Å². The van der Waals surface area contributed by atoms with E-state index in [1.807, 2.05) is 24.3 Å². The summed E-state index contributed by atoms with van der Waals surface area (Å²) in [7, 11) is 1.39. The Bertz CT molecular complexity index is 314. The van der Waals surface area contributed by atoms with E-state index >= 15 is 0 Å². The second-order valence-electron chi connectivity index (χ2n) is 2.77. The van der Waals surface area contributed by atoms with Crippen molar-refractivity contribution in [2.45, 2.75) is 13.0 Å². The van der Waals surface area contributed by atoms with Crippen molar-refractivity contribution in [3.05, 3.63) is 35.4 Å². The van der Waals surface area contributed by atoms with E-state index in [1.165, 1.54) is 7.11 Å². The van der Waals surface area contributed by atoms with Gasteiger partial charge in [-0.3, -0.25) is 4.79 Å². The van der Waals surface area contributed by atoms with Crippen molar-refractivity contribution in [1.82, 2.24) is 0 Å². The number of carbonyl (C=O) groups excluding carboxylic acids is 1. The van der Waals surface area contributed by atoms with E-state index in [9.17, 15) is 4.79 Å². The maximum Gasteiger partial charge on any atom is 0.309 e. The van der Waals surface area contributed by atoms with E-state index in [0.717, 1.165) is 11.1 Å². The van der Waals surface area contributed by atoms with Crippen LogP contribution in [0.25, 0.3) is 0 Å². The summed E-state index contributed by atoms with van der Waals surface area (Å²) in [6, 6.07) is 7.61. The topological polar surface area (TPSA) is 52.3 Å². The molecule has 0 aromatic heterocycles. The lowest BCUT2D eigenvalue weighted by atomic mass is 10.1. The Kier molecular flexibility index (Phi) is 6.69. The first kappa shape index (κ1) is 13.2. The van der Waals surface area contributed by atoms with E-state index in [-0.39, 0.29) is 5.97 Å². The minimum Gasteiger partial charge on any atom is -0.469 e. The summed E-state index contributed by atoms with van der Waals surface area (Å²) in [5.74, 6) is -0.222. The van der Waals surface area contributed by atoms with E-state index in [4.69, 9.17) is 5.73 Å². The molecule has 80 valence electrons. The zero-order valence-electron chi connectivity index (χ0n) is 8.77.